The summed E-state index contributed by atoms with van der Waals surface area (Å²) in [6.45, 7) is 3.34. The van der Waals surface area contributed by atoms with Gasteiger partial charge < -0.3 is 5.11 Å². The molecule has 18 heavy (non-hydrogen) atoms. The van der Waals surface area contributed by atoms with Crippen LogP contribution in [0.3, 0.4) is 0 Å². The van der Waals surface area contributed by atoms with Gasteiger partial charge in [-0.15, -0.1) is 11.8 Å². The number of aliphatic carboxylic acids is 1. The predicted octanol–water partition coefficient (Wildman–Crippen LogP) is 3.91. The summed E-state index contributed by atoms with van der Waals surface area (Å²) in [5.74, 6) is -1.36. The zero-order valence-electron chi connectivity index (χ0n) is 9.86. The molecular weight excluding hydrogens is 265 g/mol. The Labute approximate surface area is 107 Å². The molecule has 0 bridgehead atoms. The van der Waals surface area contributed by atoms with Crippen LogP contribution in [-0.4, -0.2) is 16.3 Å². The van der Waals surface area contributed by atoms with Gasteiger partial charge in [0, 0.05) is 4.90 Å². The smallest absolute Gasteiger partial charge is 0.417 e. The Hall–Kier alpha value is -1.17. The molecule has 1 aromatic rings. The van der Waals surface area contributed by atoms with Crippen molar-refractivity contribution >= 4 is 17.7 Å². The van der Waals surface area contributed by atoms with E-state index in [4.69, 9.17) is 5.11 Å². The van der Waals surface area contributed by atoms with E-state index in [9.17, 15) is 18.0 Å². The van der Waals surface area contributed by atoms with Crippen molar-refractivity contribution in [2.24, 2.45) is 5.92 Å². The van der Waals surface area contributed by atoms with Crippen molar-refractivity contribution in [2.45, 2.75) is 30.2 Å². The molecule has 0 amide bonds. The number of rotatable bonds is 4. The van der Waals surface area contributed by atoms with Crippen LogP contribution in [0.4, 0.5) is 13.2 Å². The molecule has 1 N–H and O–H groups in total. The van der Waals surface area contributed by atoms with Crippen LogP contribution in [0.15, 0.2) is 29.2 Å². The van der Waals surface area contributed by atoms with Crippen LogP contribution in [0.2, 0.25) is 0 Å². The summed E-state index contributed by atoms with van der Waals surface area (Å²) in [4.78, 5) is 11.0. The van der Waals surface area contributed by atoms with Crippen molar-refractivity contribution in [2.75, 3.05) is 0 Å². The zero-order chi connectivity index (χ0) is 13.9. The molecular formula is C12H13F3O2S. The summed E-state index contributed by atoms with van der Waals surface area (Å²) in [6, 6.07) is 5.02. The molecule has 0 aromatic heterocycles. The molecule has 1 aromatic carbocycles. The molecule has 6 heteroatoms. The number of carboxylic acids is 1. The van der Waals surface area contributed by atoms with Crippen molar-refractivity contribution in [1.82, 2.24) is 0 Å². The molecule has 100 valence electrons. The summed E-state index contributed by atoms with van der Waals surface area (Å²) in [7, 11) is 0. The number of alkyl halides is 3. The van der Waals surface area contributed by atoms with Gasteiger partial charge in [-0.25, -0.2) is 0 Å². The van der Waals surface area contributed by atoms with E-state index in [0.29, 0.717) is 0 Å². The maximum atomic E-state index is 12.7. The topological polar surface area (TPSA) is 37.3 Å². The molecule has 1 atom stereocenters. The number of halogens is 3. The van der Waals surface area contributed by atoms with Gasteiger partial charge in [-0.3, -0.25) is 4.79 Å². The van der Waals surface area contributed by atoms with Gasteiger partial charge in [0.2, 0.25) is 0 Å². The molecule has 0 saturated carbocycles. The summed E-state index contributed by atoms with van der Waals surface area (Å²) < 4.78 is 38.2. The van der Waals surface area contributed by atoms with Gasteiger partial charge in [0.1, 0.15) is 5.25 Å². The van der Waals surface area contributed by atoms with Crippen LogP contribution in [0.25, 0.3) is 0 Å². The summed E-state index contributed by atoms with van der Waals surface area (Å²) in [6.07, 6.45) is -4.47. The Bertz CT molecular complexity index is 430. The molecule has 0 spiro atoms. The Morgan fingerprint density at radius 2 is 1.83 bits per heavy atom. The van der Waals surface area contributed by atoms with Crippen molar-refractivity contribution in [3.05, 3.63) is 29.8 Å². The molecule has 1 rings (SSSR count). The van der Waals surface area contributed by atoms with Gasteiger partial charge in [-0.05, 0) is 18.1 Å². The molecule has 0 saturated heterocycles. The van der Waals surface area contributed by atoms with E-state index in [1.807, 2.05) is 0 Å². The highest BCUT2D eigenvalue weighted by Crippen LogP contribution is 2.39. The van der Waals surface area contributed by atoms with Gasteiger partial charge in [-0.2, -0.15) is 13.2 Å². The number of carbonyl (C=O) groups is 1. The first kappa shape index (κ1) is 14.9. The van der Waals surface area contributed by atoms with Crippen molar-refractivity contribution in [1.29, 1.82) is 0 Å². The number of hydrogen-bond donors (Lipinski definition) is 1. The summed E-state index contributed by atoms with van der Waals surface area (Å²) in [5, 5.41) is 8.10. The Kier molecular flexibility index (Phi) is 4.67. The molecule has 1 unspecified atom stereocenters. The Balaban J connectivity index is 3.07. The first-order valence-electron chi connectivity index (χ1n) is 5.29. The molecule has 0 radical (unpaired) electrons. The summed E-state index contributed by atoms with van der Waals surface area (Å²) in [5.41, 5.74) is -0.790. The molecule has 0 aliphatic rings. The minimum atomic E-state index is -4.47. The van der Waals surface area contributed by atoms with Crippen LogP contribution in [0.5, 0.6) is 0 Å². The van der Waals surface area contributed by atoms with E-state index >= 15 is 0 Å². The minimum Gasteiger partial charge on any atom is -0.480 e. The van der Waals surface area contributed by atoms with E-state index in [1.165, 1.54) is 18.2 Å². The molecule has 0 heterocycles. The fraction of sp³-hybridized carbons (Fsp3) is 0.417. The van der Waals surface area contributed by atoms with E-state index in [2.05, 4.69) is 0 Å². The molecule has 0 aliphatic heterocycles. The predicted molar refractivity (Wildman–Crippen MR) is 63.6 cm³/mol. The standard InChI is InChI=1S/C12H13F3O2S/c1-7(2)10(11(16)17)18-9-6-4-3-5-8(9)12(13,14)15/h3-7,10H,1-2H3,(H,16,17). The third kappa shape index (κ3) is 3.66. The van der Waals surface area contributed by atoms with Gasteiger partial charge >= 0.3 is 12.1 Å². The lowest BCUT2D eigenvalue weighted by Crippen LogP contribution is -2.23. The fourth-order valence-electron chi connectivity index (χ4n) is 1.41. The largest absolute Gasteiger partial charge is 0.480 e. The lowest BCUT2D eigenvalue weighted by molar-refractivity contribution is -0.140. The number of benzene rings is 1. The zero-order valence-corrected chi connectivity index (χ0v) is 10.7. The van der Waals surface area contributed by atoms with E-state index in [-0.39, 0.29) is 10.8 Å². The van der Waals surface area contributed by atoms with Crippen LogP contribution in [0, 0.1) is 5.92 Å². The first-order chi connectivity index (χ1) is 8.23. The van der Waals surface area contributed by atoms with Gasteiger partial charge in [0.25, 0.3) is 0 Å². The van der Waals surface area contributed by atoms with Crippen molar-refractivity contribution in [3.63, 3.8) is 0 Å². The molecule has 2 nitrogen and oxygen atoms in total. The van der Waals surface area contributed by atoms with Crippen LogP contribution >= 0.6 is 11.8 Å². The van der Waals surface area contributed by atoms with E-state index < -0.39 is 23.0 Å². The quantitative estimate of drug-likeness (QED) is 0.848. The van der Waals surface area contributed by atoms with E-state index in [1.54, 1.807) is 13.8 Å². The second kappa shape index (κ2) is 5.65. The third-order valence-corrected chi connectivity index (χ3v) is 3.91. The van der Waals surface area contributed by atoms with Crippen LogP contribution in [0.1, 0.15) is 19.4 Å². The number of carboxylic acid groups (broad SMARTS) is 1. The van der Waals surface area contributed by atoms with E-state index in [0.717, 1.165) is 17.8 Å². The van der Waals surface area contributed by atoms with Gasteiger partial charge in [-0.1, -0.05) is 26.0 Å². The lowest BCUT2D eigenvalue weighted by atomic mass is 10.1. The second-order valence-corrected chi connectivity index (χ2v) is 5.30. The highest BCUT2D eigenvalue weighted by atomic mass is 32.2. The monoisotopic (exact) mass is 278 g/mol. The fourth-order valence-corrected chi connectivity index (χ4v) is 2.53. The highest BCUT2D eigenvalue weighted by molar-refractivity contribution is 8.00. The Morgan fingerprint density at radius 3 is 2.28 bits per heavy atom. The van der Waals surface area contributed by atoms with Crippen LogP contribution in [-0.2, 0) is 11.0 Å². The second-order valence-electron chi connectivity index (χ2n) is 4.11. The minimum absolute atomic E-state index is 0.0499. The maximum absolute atomic E-state index is 12.7. The molecule has 0 fully saturated rings. The van der Waals surface area contributed by atoms with Crippen LogP contribution < -0.4 is 0 Å². The SMILES string of the molecule is CC(C)C(Sc1ccccc1C(F)(F)F)C(=O)O. The summed E-state index contributed by atoms with van der Waals surface area (Å²) >= 11 is 0.739. The highest BCUT2D eigenvalue weighted by Gasteiger charge is 2.35. The van der Waals surface area contributed by atoms with Crippen molar-refractivity contribution in [3.8, 4) is 0 Å². The third-order valence-electron chi connectivity index (χ3n) is 2.30. The molecule has 0 aliphatic carbocycles. The number of thioether (sulfide) groups is 1. The number of hydrogen-bond acceptors (Lipinski definition) is 2. The average molecular weight is 278 g/mol. The average Bonchev–Trinajstić information content (AvgIpc) is 2.24. The van der Waals surface area contributed by atoms with Gasteiger partial charge in [0.05, 0.1) is 5.56 Å². The normalized spacial score (nSPS) is 13.7. The lowest BCUT2D eigenvalue weighted by Gasteiger charge is -2.18. The van der Waals surface area contributed by atoms with Crippen molar-refractivity contribution < 1.29 is 23.1 Å². The first-order valence-corrected chi connectivity index (χ1v) is 6.17. The Morgan fingerprint density at radius 1 is 1.28 bits per heavy atom. The van der Waals surface area contributed by atoms with Gasteiger partial charge in [0.15, 0.2) is 0 Å². The maximum Gasteiger partial charge on any atom is 0.417 e.